The van der Waals surface area contributed by atoms with Crippen LogP contribution in [0.4, 0.5) is 17.2 Å². The van der Waals surface area contributed by atoms with Gasteiger partial charge in [-0.25, -0.2) is 9.78 Å². The number of carbonyl (C=O) groups is 2. The minimum absolute atomic E-state index is 0.293. The quantitative estimate of drug-likeness (QED) is 0.643. The van der Waals surface area contributed by atoms with Crippen LogP contribution in [0.3, 0.4) is 0 Å². The summed E-state index contributed by atoms with van der Waals surface area (Å²) in [5, 5.41) is 5.97. The number of hydrogen-bond donors (Lipinski definition) is 2. The zero-order chi connectivity index (χ0) is 20.1. The Kier molecular flexibility index (Phi) is 5.69. The third kappa shape index (κ3) is 4.54. The Bertz CT molecular complexity index is 1010. The van der Waals surface area contributed by atoms with Gasteiger partial charge in [-0.05, 0) is 61.4 Å². The summed E-state index contributed by atoms with van der Waals surface area (Å²) in [5.74, 6) is -0.302. The fourth-order valence-corrected chi connectivity index (χ4v) is 2.91. The third-order valence-corrected chi connectivity index (χ3v) is 4.10. The molecular formula is C22H21N3O3. The highest BCUT2D eigenvalue weighted by atomic mass is 16.5. The van der Waals surface area contributed by atoms with Crippen LogP contribution < -0.4 is 10.6 Å². The van der Waals surface area contributed by atoms with Crippen LogP contribution in [0.2, 0.25) is 0 Å². The van der Waals surface area contributed by atoms with Crippen molar-refractivity contribution < 1.29 is 14.3 Å². The predicted molar refractivity (Wildman–Crippen MR) is 109 cm³/mol. The normalized spacial score (nSPS) is 10.2. The molecule has 0 radical (unpaired) electrons. The second kappa shape index (κ2) is 8.35. The molecule has 6 heteroatoms. The average Bonchev–Trinajstić information content (AvgIpc) is 2.67. The maximum atomic E-state index is 12.7. The molecule has 28 heavy (non-hydrogen) atoms. The minimum Gasteiger partial charge on any atom is -0.465 e. The van der Waals surface area contributed by atoms with Crippen molar-refractivity contribution in [3.8, 4) is 0 Å². The first-order valence-electron chi connectivity index (χ1n) is 8.76. The van der Waals surface area contributed by atoms with E-state index < -0.39 is 5.97 Å². The lowest BCUT2D eigenvalue weighted by atomic mass is 10.1. The highest BCUT2D eigenvalue weighted by Crippen LogP contribution is 2.20. The number of amides is 1. The Labute approximate surface area is 163 Å². The Balaban J connectivity index is 1.80. The van der Waals surface area contributed by atoms with Gasteiger partial charge in [0, 0.05) is 17.4 Å². The SMILES string of the molecule is COC(=O)c1ccccc1NC(=O)c1ccnc(Nc2cc(C)cc(C)c2)c1. The van der Waals surface area contributed by atoms with E-state index in [-0.39, 0.29) is 5.91 Å². The van der Waals surface area contributed by atoms with E-state index in [2.05, 4.69) is 21.7 Å². The Hall–Kier alpha value is -3.67. The van der Waals surface area contributed by atoms with Gasteiger partial charge < -0.3 is 15.4 Å². The molecule has 6 nitrogen and oxygen atoms in total. The molecule has 0 atom stereocenters. The lowest BCUT2D eigenvalue weighted by Crippen LogP contribution is -2.15. The van der Waals surface area contributed by atoms with E-state index in [9.17, 15) is 9.59 Å². The fraction of sp³-hybridized carbons (Fsp3) is 0.136. The number of aryl methyl sites for hydroxylation is 2. The summed E-state index contributed by atoms with van der Waals surface area (Å²) in [5.41, 5.74) is 4.27. The number of ether oxygens (including phenoxy) is 1. The van der Waals surface area contributed by atoms with Gasteiger partial charge in [0.05, 0.1) is 18.4 Å². The van der Waals surface area contributed by atoms with Gasteiger partial charge >= 0.3 is 5.97 Å². The molecule has 1 aromatic heterocycles. The second-order valence-corrected chi connectivity index (χ2v) is 6.42. The number of pyridine rings is 1. The molecule has 0 aliphatic heterocycles. The summed E-state index contributed by atoms with van der Waals surface area (Å²) in [6, 6.07) is 16.1. The summed E-state index contributed by atoms with van der Waals surface area (Å²) in [6.45, 7) is 4.04. The van der Waals surface area contributed by atoms with Crippen molar-refractivity contribution >= 4 is 29.1 Å². The lowest BCUT2D eigenvalue weighted by Gasteiger charge is -2.11. The molecule has 3 aromatic rings. The van der Waals surface area contributed by atoms with Gasteiger partial charge in [-0.3, -0.25) is 4.79 Å². The Morgan fingerprint density at radius 2 is 1.68 bits per heavy atom. The largest absolute Gasteiger partial charge is 0.465 e. The van der Waals surface area contributed by atoms with Gasteiger partial charge in [0.1, 0.15) is 5.82 Å². The molecule has 0 fully saturated rings. The van der Waals surface area contributed by atoms with Gasteiger partial charge in [0.25, 0.3) is 5.91 Å². The molecule has 0 saturated carbocycles. The number of aromatic nitrogens is 1. The maximum Gasteiger partial charge on any atom is 0.339 e. The molecule has 2 N–H and O–H groups in total. The lowest BCUT2D eigenvalue weighted by molar-refractivity contribution is 0.0602. The van der Waals surface area contributed by atoms with E-state index in [0.29, 0.717) is 22.6 Å². The summed E-state index contributed by atoms with van der Waals surface area (Å²) in [7, 11) is 1.30. The molecule has 0 unspecified atom stereocenters. The molecule has 0 spiro atoms. The number of anilines is 3. The van der Waals surface area contributed by atoms with E-state index in [1.807, 2.05) is 26.0 Å². The molecule has 0 saturated heterocycles. The molecule has 1 amide bonds. The topological polar surface area (TPSA) is 80.3 Å². The van der Waals surface area contributed by atoms with E-state index >= 15 is 0 Å². The van der Waals surface area contributed by atoms with Crippen LogP contribution in [0.1, 0.15) is 31.8 Å². The number of hydrogen-bond acceptors (Lipinski definition) is 5. The molecule has 2 aromatic carbocycles. The predicted octanol–water partition coefficient (Wildman–Crippen LogP) is 4.48. The number of carbonyl (C=O) groups excluding carboxylic acids is 2. The zero-order valence-corrected chi connectivity index (χ0v) is 15.9. The molecule has 1 heterocycles. The summed E-state index contributed by atoms with van der Waals surface area (Å²) in [6.07, 6.45) is 1.56. The van der Waals surface area contributed by atoms with Crippen LogP contribution in [-0.2, 0) is 4.74 Å². The number of rotatable bonds is 5. The summed E-state index contributed by atoms with van der Waals surface area (Å²) >= 11 is 0. The minimum atomic E-state index is -0.511. The molecule has 0 aliphatic rings. The number of methoxy groups -OCH3 is 1. The van der Waals surface area contributed by atoms with Gasteiger partial charge in [-0.2, -0.15) is 0 Å². The zero-order valence-electron chi connectivity index (χ0n) is 15.9. The Morgan fingerprint density at radius 1 is 0.964 bits per heavy atom. The van der Waals surface area contributed by atoms with Crippen molar-refractivity contribution in [2.24, 2.45) is 0 Å². The van der Waals surface area contributed by atoms with Crippen molar-refractivity contribution in [1.29, 1.82) is 0 Å². The van der Waals surface area contributed by atoms with Crippen LogP contribution in [0, 0.1) is 13.8 Å². The third-order valence-electron chi connectivity index (χ3n) is 4.10. The van der Waals surface area contributed by atoms with Crippen molar-refractivity contribution in [2.75, 3.05) is 17.7 Å². The summed E-state index contributed by atoms with van der Waals surface area (Å²) < 4.78 is 4.76. The molecule has 0 aliphatic carbocycles. The van der Waals surface area contributed by atoms with Crippen LogP contribution >= 0.6 is 0 Å². The van der Waals surface area contributed by atoms with E-state index in [1.54, 1.807) is 42.6 Å². The highest BCUT2D eigenvalue weighted by Gasteiger charge is 2.14. The highest BCUT2D eigenvalue weighted by molar-refractivity contribution is 6.08. The van der Waals surface area contributed by atoms with Crippen molar-refractivity contribution in [1.82, 2.24) is 4.98 Å². The smallest absolute Gasteiger partial charge is 0.339 e. The summed E-state index contributed by atoms with van der Waals surface area (Å²) in [4.78, 5) is 28.8. The fourth-order valence-electron chi connectivity index (χ4n) is 2.91. The van der Waals surface area contributed by atoms with Gasteiger partial charge in [0.2, 0.25) is 0 Å². The van der Waals surface area contributed by atoms with Crippen molar-refractivity contribution in [3.05, 3.63) is 83.0 Å². The second-order valence-electron chi connectivity index (χ2n) is 6.42. The van der Waals surface area contributed by atoms with E-state index in [4.69, 9.17) is 4.74 Å². The monoisotopic (exact) mass is 375 g/mol. The van der Waals surface area contributed by atoms with Crippen LogP contribution in [0.15, 0.2) is 60.8 Å². The van der Waals surface area contributed by atoms with Crippen LogP contribution in [-0.4, -0.2) is 24.0 Å². The van der Waals surface area contributed by atoms with E-state index in [1.165, 1.54) is 7.11 Å². The van der Waals surface area contributed by atoms with Gasteiger partial charge in [-0.1, -0.05) is 18.2 Å². The van der Waals surface area contributed by atoms with Gasteiger partial charge in [-0.15, -0.1) is 0 Å². The van der Waals surface area contributed by atoms with E-state index in [0.717, 1.165) is 16.8 Å². The first-order valence-corrected chi connectivity index (χ1v) is 8.76. The first kappa shape index (κ1) is 19.1. The number of nitrogens with zero attached hydrogens (tertiary/aromatic N) is 1. The molecule has 3 rings (SSSR count). The number of para-hydroxylation sites is 1. The van der Waals surface area contributed by atoms with Crippen LogP contribution in [0.5, 0.6) is 0 Å². The first-order chi connectivity index (χ1) is 13.5. The van der Waals surface area contributed by atoms with Crippen molar-refractivity contribution in [2.45, 2.75) is 13.8 Å². The average molecular weight is 375 g/mol. The number of nitrogens with one attached hydrogen (secondary N) is 2. The molecular weight excluding hydrogens is 354 g/mol. The van der Waals surface area contributed by atoms with Crippen LogP contribution in [0.25, 0.3) is 0 Å². The van der Waals surface area contributed by atoms with Gasteiger partial charge in [0.15, 0.2) is 0 Å². The maximum absolute atomic E-state index is 12.7. The number of benzene rings is 2. The molecule has 0 bridgehead atoms. The Morgan fingerprint density at radius 3 is 2.39 bits per heavy atom. The molecule has 142 valence electrons. The standard InChI is InChI=1S/C22H21N3O3/c1-14-10-15(2)12-17(11-14)24-20-13-16(8-9-23-20)21(26)25-19-7-5-4-6-18(19)22(27)28-3/h4-13H,1-3H3,(H,23,24)(H,25,26). The number of esters is 1. The van der Waals surface area contributed by atoms with Crippen molar-refractivity contribution in [3.63, 3.8) is 0 Å².